The Morgan fingerprint density at radius 1 is 0.571 bits per heavy atom. The van der Waals surface area contributed by atoms with Crippen LogP contribution in [-0.2, 0) is 5.41 Å². The summed E-state index contributed by atoms with van der Waals surface area (Å²) in [6.45, 7) is 0. The minimum Gasteiger partial charge on any atom is -0.289 e. The quantitative estimate of drug-likeness (QED) is 0.321. The molecule has 1 aliphatic carbocycles. The summed E-state index contributed by atoms with van der Waals surface area (Å²) >= 11 is 3.65. The Morgan fingerprint density at radius 3 is 1.75 bits per heavy atom. The van der Waals surface area contributed by atoms with Gasteiger partial charge in [0.25, 0.3) is 0 Å². The normalized spacial score (nSPS) is 14.2. The number of hydrogen-bond donors (Lipinski definition) is 0. The zero-order valence-electron chi connectivity index (χ0n) is 15.1. The summed E-state index contributed by atoms with van der Waals surface area (Å²) in [5, 5.41) is 0. The number of carbonyl (C=O) groups is 1. The average molecular weight is 425 g/mol. The highest BCUT2D eigenvalue weighted by atomic mass is 79.9. The van der Waals surface area contributed by atoms with E-state index in [0.29, 0.717) is 0 Å². The fourth-order valence-corrected chi connectivity index (χ4v) is 5.07. The van der Waals surface area contributed by atoms with Gasteiger partial charge in [-0.25, -0.2) is 0 Å². The van der Waals surface area contributed by atoms with Crippen molar-refractivity contribution in [3.63, 3.8) is 0 Å². The molecule has 1 aliphatic rings. The monoisotopic (exact) mass is 424 g/mol. The molecule has 0 unspecified atom stereocenters. The summed E-state index contributed by atoms with van der Waals surface area (Å²) in [5.41, 5.74) is 5.31. The van der Waals surface area contributed by atoms with Gasteiger partial charge in [0.15, 0.2) is 5.78 Å². The van der Waals surface area contributed by atoms with Gasteiger partial charge in [0.2, 0.25) is 0 Å². The summed E-state index contributed by atoms with van der Waals surface area (Å²) < 4.78 is 0.834. The highest BCUT2D eigenvalue weighted by Gasteiger charge is 2.46. The molecule has 0 heterocycles. The maximum Gasteiger partial charge on any atom is 0.194 e. The largest absolute Gasteiger partial charge is 0.289 e. The van der Waals surface area contributed by atoms with Gasteiger partial charge in [0, 0.05) is 15.6 Å². The second-order valence-corrected chi connectivity index (χ2v) is 7.87. The Hall–Kier alpha value is -2.97. The van der Waals surface area contributed by atoms with E-state index in [1.807, 2.05) is 42.5 Å². The van der Waals surface area contributed by atoms with Crippen molar-refractivity contribution in [2.75, 3.05) is 0 Å². The molecule has 0 bridgehead atoms. The van der Waals surface area contributed by atoms with Crippen molar-refractivity contribution in [3.8, 4) is 0 Å². The topological polar surface area (TPSA) is 17.1 Å². The molecule has 0 radical (unpaired) electrons. The lowest BCUT2D eigenvalue weighted by Gasteiger charge is -2.41. The Balaban J connectivity index is 2.03. The SMILES string of the molecule is O=C1c2ccccc2C(c2ccccc2)(c2ccccc2)c2cccc(Br)c21. The summed E-state index contributed by atoms with van der Waals surface area (Å²) in [4.78, 5) is 13.4. The molecule has 0 aromatic heterocycles. The lowest BCUT2D eigenvalue weighted by Crippen LogP contribution is -2.38. The predicted molar refractivity (Wildman–Crippen MR) is 116 cm³/mol. The maximum atomic E-state index is 13.4. The lowest BCUT2D eigenvalue weighted by molar-refractivity contribution is 0.103. The minimum absolute atomic E-state index is 0.0700. The van der Waals surface area contributed by atoms with E-state index in [9.17, 15) is 4.79 Å². The minimum atomic E-state index is -0.549. The molecule has 4 aromatic rings. The third kappa shape index (κ3) is 2.28. The van der Waals surface area contributed by atoms with Crippen LogP contribution in [0.5, 0.6) is 0 Å². The van der Waals surface area contributed by atoms with Crippen LogP contribution in [0.3, 0.4) is 0 Å². The van der Waals surface area contributed by atoms with E-state index in [4.69, 9.17) is 0 Å². The standard InChI is InChI=1S/C26H17BrO/c27-23-17-9-16-22-24(23)25(28)20-14-7-8-15-21(20)26(22,18-10-3-1-4-11-18)19-12-5-2-6-13-19/h1-17H. The van der Waals surface area contributed by atoms with Gasteiger partial charge in [-0.2, -0.15) is 0 Å². The summed E-state index contributed by atoms with van der Waals surface area (Å²) in [5.74, 6) is 0.0700. The third-order valence-electron chi connectivity index (χ3n) is 5.63. The van der Waals surface area contributed by atoms with Crippen molar-refractivity contribution in [1.82, 2.24) is 0 Å². The molecule has 0 N–H and O–H groups in total. The first-order valence-electron chi connectivity index (χ1n) is 9.29. The van der Waals surface area contributed by atoms with E-state index in [0.717, 1.165) is 37.9 Å². The molecular weight excluding hydrogens is 408 g/mol. The second-order valence-electron chi connectivity index (χ2n) is 7.02. The van der Waals surface area contributed by atoms with Crippen LogP contribution in [0, 0.1) is 0 Å². The molecule has 1 nitrogen and oxygen atoms in total. The fraction of sp³-hybridized carbons (Fsp3) is 0.0385. The zero-order chi connectivity index (χ0) is 19.1. The van der Waals surface area contributed by atoms with Crippen LogP contribution in [0.2, 0.25) is 0 Å². The van der Waals surface area contributed by atoms with Gasteiger partial charge in [0.1, 0.15) is 0 Å². The Bertz CT molecular complexity index is 1140. The molecule has 0 atom stereocenters. The van der Waals surface area contributed by atoms with Crippen molar-refractivity contribution < 1.29 is 4.79 Å². The van der Waals surface area contributed by atoms with Gasteiger partial charge < -0.3 is 0 Å². The summed E-state index contributed by atoms with van der Waals surface area (Å²) in [6, 6.07) is 35.0. The Morgan fingerprint density at radius 2 is 1.11 bits per heavy atom. The predicted octanol–water partition coefficient (Wildman–Crippen LogP) is 6.38. The zero-order valence-corrected chi connectivity index (χ0v) is 16.7. The summed E-state index contributed by atoms with van der Waals surface area (Å²) in [7, 11) is 0. The van der Waals surface area contributed by atoms with E-state index in [1.54, 1.807) is 0 Å². The molecule has 28 heavy (non-hydrogen) atoms. The van der Waals surface area contributed by atoms with E-state index in [2.05, 4.69) is 76.6 Å². The second kappa shape index (κ2) is 6.57. The number of fused-ring (bicyclic) bond motifs is 2. The molecular formula is C26H17BrO. The van der Waals surface area contributed by atoms with Crippen LogP contribution in [0.15, 0.2) is 108 Å². The molecule has 4 aromatic carbocycles. The first-order chi connectivity index (χ1) is 13.7. The van der Waals surface area contributed by atoms with Gasteiger partial charge in [-0.3, -0.25) is 4.79 Å². The van der Waals surface area contributed by atoms with E-state index >= 15 is 0 Å². The number of hydrogen-bond acceptors (Lipinski definition) is 1. The molecule has 0 aliphatic heterocycles. The van der Waals surface area contributed by atoms with Crippen molar-refractivity contribution in [1.29, 1.82) is 0 Å². The van der Waals surface area contributed by atoms with Gasteiger partial charge in [-0.1, -0.05) is 113 Å². The first kappa shape index (κ1) is 17.2. The number of ketones is 1. The fourth-order valence-electron chi connectivity index (χ4n) is 4.52. The lowest BCUT2D eigenvalue weighted by atomic mass is 9.59. The van der Waals surface area contributed by atoms with Gasteiger partial charge >= 0.3 is 0 Å². The maximum absolute atomic E-state index is 13.4. The summed E-state index contributed by atoms with van der Waals surface area (Å²) in [6.07, 6.45) is 0. The highest BCUT2D eigenvalue weighted by Crippen LogP contribution is 2.51. The van der Waals surface area contributed by atoms with Crippen LogP contribution in [0.1, 0.15) is 38.2 Å². The van der Waals surface area contributed by atoms with Crippen LogP contribution in [-0.4, -0.2) is 5.78 Å². The van der Waals surface area contributed by atoms with Gasteiger partial charge in [0.05, 0.1) is 5.41 Å². The highest BCUT2D eigenvalue weighted by molar-refractivity contribution is 9.10. The number of benzene rings is 4. The number of halogens is 1. The number of carbonyl (C=O) groups excluding carboxylic acids is 1. The van der Waals surface area contributed by atoms with Crippen molar-refractivity contribution in [2.24, 2.45) is 0 Å². The van der Waals surface area contributed by atoms with Crippen LogP contribution >= 0.6 is 15.9 Å². The van der Waals surface area contributed by atoms with Crippen molar-refractivity contribution in [3.05, 3.63) is 141 Å². The third-order valence-corrected chi connectivity index (χ3v) is 6.29. The molecule has 0 saturated heterocycles. The average Bonchev–Trinajstić information content (AvgIpc) is 2.76. The molecule has 0 saturated carbocycles. The van der Waals surface area contributed by atoms with Crippen molar-refractivity contribution in [2.45, 2.75) is 5.41 Å². The smallest absolute Gasteiger partial charge is 0.194 e. The first-order valence-corrected chi connectivity index (χ1v) is 10.1. The van der Waals surface area contributed by atoms with Crippen LogP contribution in [0.4, 0.5) is 0 Å². The Labute approximate surface area is 172 Å². The molecule has 0 spiro atoms. The van der Waals surface area contributed by atoms with Crippen molar-refractivity contribution >= 4 is 21.7 Å². The molecule has 2 heteroatoms. The number of rotatable bonds is 2. The van der Waals surface area contributed by atoms with E-state index < -0.39 is 5.41 Å². The van der Waals surface area contributed by atoms with Gasteiger partial charge in [-0.15, -0.1) is 0 Å². The van der Waals surface area contributed by atoms with E-state index in [-0.39, 0.29) is 5.78 Å². The van der Waals surface area contributed by atoms with Crippen LogP contribution < -0.4 is 0 Å². The molecule has 5 rings (SSSR count). The molecule has 0 amide bonds. The molecule has 134 valence electrons. The molecule has 0 fully saturated rings. The van der Waals surface area contributed by atoms with Crippen LogP contribution in [0.25, 0.3) is 0 Å². The Kier molecular flexibility index (Phi) is 4.03. The van der Waals surface area contributed by atoms with Gasteiger partial charge in [-0.05, 0) is 28.3 Å². The van der Waals surface area contributed by atoms with E-state index in [1.165, 1.54) is 0 Å².